The summed E-state index contributed by atoms with van der Waals surface area (Å²) < 4.78 is 6.86. The summed E-state index contributed by atoms with van der Waals surface area (Å²) in [6, 6.07) is 18.3. The molecule has 0 atom stereocenters. The number of rotatable bonds is 3. The molecule has 0 aliphatic heterocycles. The molecule has 4 nitrogen and oxygen atoms in total. The zero-order valence-electron chi connectivity index (χ0n) is 11.9. The van der Waals surface area contributed by atoms with E-state index in [0.717, 1.165) is 5.69 Å². The minimum atomic E-state index is -0.518. The van der Waals surface area contributed by atoms with E-state index in [1.807, 2.05) is 36.4 Å². The average molecular weight is 313 g/mol. The van der Waals surface area contributed by atoms with E-state index < -0.39 is 5.97 Å². The van der Waals surface area contributed by atoms with Crippen LogP contribution in [0.5, 0.6) is 5.75 Å². The molecule has 3 aromatic rings. The highest BCUT2D eigenvalue weighted by Gasteiger charge is 2.22. The number of nitrogens with zero attached hydrogens (tertiary/aromatic N) is 2. The summed E-state index contributed by atoms with van der Waals surface area (Å²) in [5.74, 6) is -0.0497. The lowest BCUT2D eigenvalue weighted by atomic mass is 10.2. The molecule has 0 radical (unpaired) electrons. The van der Waals surface area contributed by atoms with Gasteiger partial charge >= 0.3 is 5.97 Å². The molecule has 0 unspecified atom stereocenters. The largest absolute Gasteiger partial charge is 0.423 e. The van der Waals surface area contributed by atoms with Crippen LogP contribution in [-0.2, 0) is 0 Å². The van der Waals surface area contributed by atoms with Crippen LogP contribution in [0.4, 0.5) is 0 Å². The molecule has 3 rings (SSSR count). The minimum Gasteiger partial charge on any atom is -0.423 e. The Kier molecular flexibility index (Phi) is 3.94. The molecule has 1 aromatic heterocycles. The number of aromatic nitrogens is 2. The maximum absolute atomic E-state index is 12.3. The first-order valence-corrected chi connectivity index (χ1v) is 7.12. The zero-order valence-corrected chi connectivity index (χ0v) is 12.6. The highest BCUT2D eigenvalue weighted by Crippen LogP contribution is 2.25. The molecular formula is C17H13ClN2O2. The molecule has 0 fully saturated rings. The van der Waals surface area contributed by atoms with Crippen molar-refractivity contribution in [2.75, 3.05) is 0 Å². The van der Waals surface area contributed by atoms with E-state index in [2.05, 4.69) is 5.10 Å². The Morgan fingerprint density at radius 2 is 1.64 bits per heavy atom. The lowest BCUT2D eigenvalue weighted by molar-refractivity contribution is 0.0734. The van der Waals surface area contributed by atoms with Crippen molar-refractivity contribution in [1.29, 1.82) is 0 Å². The van der Waals surface area contributed by atoms with Crippen LogP contribution in [0, 0.1) is 6.92 Å². The number of carbonyl (C=O) groups is 1. The molecule has 0 saturated carbocycles. The van der Waals surface area contributed by atoms with Crippen molar-refractivity contribution < 1.29 is 9.53 Å². The maximum atomic E-state index is 12.3. The van der Waals surface area contributed by atoms with E-state index in [9.17, 15) is 4.79 Å². The molecule has 0 aliphatic carbocycles. The SMILES string of the molecule is Cc1nn(-c2ccccc2)c(Cl)c1C(=O)Oc1ccccc1. The smallest absolute Gasteiger partial charge is 0.348 e. The van der Waals surface area contributed by atoms with Gasteiger partial charge in [0.1, 0.15) is 16.5 Å². The molecule has 0 bridgehead atoms. The van der Waals surface area contributed by atoms with Gasteiger partial charge in [-0.1, -0.05) is 48.0 Å². The molecule has 110 valence electrons. The second kappa shape index (κ2) is 6.03. The molecule has 0 spiro atoms. The van der Waals surface area contributed by atoms with Crippen molar-refractivity contribution in [1.82, 2.24) is 9.78 Å². The third-order valence-electron chi connectivity index (χ3n) is 3.16. The lowest BCUT2D eigenvalue weighted by Gasteiger charge is -2.04. The van der Waals surface area contributed by atoms with Gasteiger partial charge in [-0.25, -0.2) is 9.48 Å². The summed E-state index contributed by atoms with van der Waals surface area (Å²) in [5.41, 5.74) is 1.58. The number of carbonyl (C=O) groups excluding carboxylic acids is 1. The Morgan fingerprint density at radius 1 is 1.05 bits per heavy atom. The first-order chi connectivity index (χ1) is 10.7. The molecule has 5 heteroatoms. The zero-order chi connectivity index (χ0) is 15.5. The van der Waals surface area contributed by atoms with Crippen LogP contribution in [0.2, 0.25) is 5.15 Å². The average Bonchev–Trinajstić information content (AvgIpc) is 2.84. The van der Waals surface area contributed by atoms with Gasteiger partial charge in [-0.2, -0.15) is 5.10 Å². The van der Waals surface area contributed by atoms with E-state index in [4.69, 9.17) is 16.3 Å². The van der Waals surface area contributed by atoms with E-state index >= 15 is 0 Å². The van der Waals surface area contributed by atoms with Crippen molar-refractivity contribution in [2.45, 2.75) is 6.92 Å². The second-order valence-electron chi connectivity index (χ2n) is 4.70. The van der Waals surface area contributed by atoms with Gasteiger partial charge in [0.05, 0.1) is 11.4 Å². The molecule has 0 aliphatic rings. The Morgan fingerprint density at radius 3 is 2.27 bits per heavy atom. The Balaban J connectivity index is 1.95. The second-order valence-corrected chi connectivity index (χ2v) is 5.06. The fourth-order valence-corrected chi connectivity index (χ4v) is 2.47. The van der Waals surface area contributed by atoms with Crippen molar-refractivity contribution in [3.63, 3.8) is 0 Å². The molecule has 1 heterocycles. The normalized spacial score (nSPS) is 10.5. The lowest BCUT2D eigenvalue weighted by Crippen LogP contribution is -2.09. The maximum Gasteiger partial charge on any atom is 0.348 e. The van der Waals surface area contributed by atoms with Crippen LogP contribution >= 0.6 is 11.6 Å². The number of halogens is 1. The predicted molar refractivity (Wildman–Crippen MR) is 84.7 cm³/mol. The van der Waals surface area contributed by atoms with Crippen molar-refractivity contribution in [3.05, 3.63) is 77.1 Å². The quantitative estimate of drug-likeness (QED) is 0.541. The third-order valence-corrected chi connectivity index (χ3v) is 3.51. The number of hydrogen-bond acceptors (Lipinski definition) is 3. The first kappa shape index (κ1) is 14.4. The predicted octanol–water partition coefficient (Wildman–Crippen LogP) is 4.05. The number of hydrogen-bond donors (Lipinski definition) is 0. The number of aryl methyl sites for hydroxylation is 1. The molecule has 0 saturated heterocycles. The van der Waals surface area contributed by atoms with Gasteiger partial charge in [-0.05, 0) is 31.2 Å². The van der Waals surface area contributed by atoms with E-state index in [0.29, 0.717) is 11.4 Å². The third kappa shape index (κ3) is 2.73. The van der Waals surface area contributed by atoms with E-state index in [-0.39, 0.29) is 10.7 Å². The number of ether oxygens (including phenoxy) is 1. The van der Waals surface area contributed by atoms with Gasteiger partial charge in [-0.3, -0.25) is 0 Å². The van der Waals surface area contributed by atoms with E-state index in [1.165, 1.54) is 4.68 Å². The van der Waals surface area contributed by atoms with Crippen molar-refractivity contribution in [2.24, 2.45) is 0 Å². The van der Waals surface area contributed by atoms with Crippen LogP contribution in [0.25, 0.3) is 5.69 Å². The highest BCUT2D eigenvalue weighted by atomic mass is 35.5. The highest BCUT2D eigenvalue weighted by molar-refractivity contribution is 6.33. The van der Waals surface area contributed by atoms with E-state index in [1.54, 1.807) is 31.2 Å². The first-order valence-electron chi connectivity index (χ1n) is 6.74. The number of para-hydroxylation sites is 2. The summed E-state index contributed by atoms with van der Waals surface area (Å²) in [5, 5.41) is 4.57. The summed E-state index contributed by atoms with van der Waals surface area (Å²) in [7, 11) is 0. The summed E-state index contributed by atoms with van der Waals surface area (Å²) in [6.07, 6.45) is 0. The molecule has 0 N–H and O–H groups in total. The summed E-state index contributed by atoms with van der Waals surface area (Å²) in [4.78, 5) is 12.3. The fraction of sp³-hybridized carbons (Fsp3) is 0.0588. The Bertz CT molecular complexity index is 798. The van der Waals surface area contributed by atoms with Gasteiger partial charge in [0, 0.05) is 0 Å². The Labute approximate surface area is 132 Å². The van der Waals surface area contributed by atoms with Gasteiger partial charge in [-0.15, -0.1) is 0 Å². The molecular weight excluding hydrogens is 300 g/mol. The summed E-state index contributed by atoms with van der Waals surface area (Å²) >= 11 is 6.32. The molecule has 2 aromatic carbocycles. The van der Waals surface area contributed by atoms with Gasteiger partial charge in [0.2, 0.25) is 0 Å². The van der Waals surface area contributed by atoms with Crippen molar-refractivity contribution in [3.8, 4) is 11.4 Å². The molecule has 0 amide bonds. The standard InChI is InChI=1S/C17H13ClN2O2/c1-12-15(17(21)22-14-10-6-3-7-11-14)16(18)20(19-12)13-8-4-2-5-9-13/h2-11H,1H3. The van der Waals surface area contributed by atoms with Gasteiger partial charge < -0.3 is 4.74 Å². The van der Waals surface area contributed by atoms with Crippen LogP contribution in [-0.4, -0.2) is 15.7 Å². The van der Waals surface area contributed by atoms with Crippen LogP contribution in [0.15, 0.2) is 60.7 Å². The van der Waals surface area contributed by atoms with Crippen LogP contribution in [0.3, 0.4) is 0 Å². The van der Waals surface area contributed by atoms with Crippen molar-refractivity contribution >= 4 is 17.6 Å². The minimum absolute atomic E-state index is 0.240. The Hall–Kier alpha value is -2.59. The number of benzene rings is 2. The van der Waals surface area contributed by atoms with Gasteiger partial charge in [0.25, 0.3) is 0 Å². The van der Waals surface area contributed by atoms with Crippen LogP contribution < -0.4 is 4.74 Å². The monoisotopic (exact) mass is 312 g/mol. The summed E-state index contributed by atoms with van der Waals surface area (Å²) in [6.45, 7) is 1.73. The molecule has 22 heavy (non-hydrogen) atoms. The van der Waals surface area contributed by atoms with Crippen LogP contribution in [0.1, 0.15) is 16.1 Å². The fourth-order valence-electron chi connectivity index (χ4n) is 2.12. The topological polar surface area (TPSA) is 44.1 Å². The van der Waals surface area contributed by atoms with Gasteiger partial charge in [0.15, 0.2) is 0 Å². The number of esters is 1.